The molecule has 0 bridgehead atoms. The molecule has 0 aliphatic carbocycles. The van der Waals surface area contributed by atoms with E-state index < -0.39 is 5.69 Å². The number of nitrogens with zero attached hydrogens (tertiary/aromatic N) is 7. The lowest BCUT2D eigenvalue weighted by Gasteiger charge is -2.13. The van der Waals surface area contributed by atoms with E-state index in [1.54, 1.807) is 18.2 Å². The Morgan fingerprint density at radius 1 is 1.06 bits per heavy atom. The van der Waals surface area contributed by atoms with Crippen LogP contribution in [0.25, 0.3) is 28.0 Å². The quantitative estimate of drug-likeness (QED) is 0.403. The lowest BCUT2D eigenvalue weighted by atomic mass is 9.99. The molecule has 4 aromatic heterocycles. The van der Waals surface area contributed by atoms with E-state index in [-0.39, 0.29) is 19.1 Å². The minimum atomic E-state index is -0.467. The number of nitrogen functional groups attached to an aromatic ring is 1. The zero-order chi connectivity index (χ0) is 24.5. The van der Waals surface area contributed by atoms with Gasteiger partial charge in [0.1, 0.15) is 6.07 Å². The second-order valence-corrected chi connectivity index (χ2v) is 7.96. The summed E-state index contributed by atoms with van der Waals surface area (Å²) in [5.74, 6) is -0.000185. The van der Waals surface area contributed by atoms with Crippen molar-refractivity contribution in [2.75, 3.05) is 5.73 Å². The third kappa shape index (κ3) is 4.01. The van der Waals surface area contributed by atoms with Crippen LogP contribution in [-0.4, -0.2) is 34.2 Å². The van der Waals surface area contributed by atoms with E-state index in [1.165, 1.54) is 15.3 Å². The number of aliphatic hydroxyl groups excluding tert-OH is 1. The standard InChI is InChI=1S/C25H20N8O2/c1-15-9-18(10-20(14-34)29-15)21-22(17-5-3-2-4-6-17)30-24(27)33-23(21)31-32(25(33)35)13-19-8-7-16(11-26)12-28-19/h2-10,12,34H,13-14H2,1H3,(H2,27,30). The number of nitrogens with two attached hydrogens (primary N) is 1. The largest absolute Gasteiger partial charge is 0.390 e. The van der Waals surface area contributed by atoms with Crippen LogP contribution in [0.15, 0.2) is 65.6 Å². The van der Waals surface area contributed by atoms with Gasteiger partial charge in [-0.2, -0.15) is 5.26 Å². The van der Waals surface area contributed by atoms with E-state index >= 15 is 0 Å². The monoisotopic (exact) mass is 464 g/mol. The predicted molar refractivity (Wildman–Crippen MR) is 129 cm³/mol. The molecule has 5 aromatic rings. The fraction of sp³-hybridized carbons (Fsp3) is 0.120. The number of rotatable bonds is 5. The Morgan fingerprint density at radius 3 is 2.54 bits per heavy atom. The molecule has 0 amide bonds. The number of aromatic nitrogens is 6. The number of pyridine rings is 2. The predicted octanol–water partition coefficient (Wildman–Crippen LogP) is 2.32. The zero-order valence-electron chi connectivity index (χ0n) is 18.8. The van der Waals surface area contributed by atoms with Crippen molar-refractivity contribution in [2.24, 2.45) is 0 Å². The Balaban J connectivity index is 1.78. The molecule has 0 unspecified atom stereocenters. The smallest absolute Gasteiger partial charge is 0.353 e. The molecule has 0 saturated heterocycles. The Morgan fingerprint density at radius 2 is 1.86 bits per heavy atom. The average molecular weight is 464 g/mol. The van der Waals surface area contributed by atoms with Gasteiger partial charge in [-0.1, -0.05) is 30.3 Å². The molecular formula is C25H20N8O2. The molecule has 0 saturated carbocycles. The number of benzene rings is 1. The molecule has 0 spiro atoms. The maximum absolute atomic E-state index is 13.3. The van der Waals surface area contributed by atoms with Crippen LogP contribution < -0.4 is 11.4 Å². The first-order valence-corrected chi connectivity index (χ1v) is 10.8. The van der Waals surface area contributed by atoms with Crippen LogP contribution in [0, 0.1) is 18.3 Å². The molecule has 5 rings (SSSR count). The minimum absolute atomic E-state index is 0.000185. The molecular weight excluding hydrogens is 444 g/mol. The fourth-order valence-corrected chi connectivity index (χ4v) is 3.98. The number of hydrogen-bond donors (Lipinski definition) is 2. The fourth-order valence-electron chi connectivity index (χ4n) is 3.98. The summed E-state index contributed by atoms with van der Waals surface area (Å²) in [4.78, 5) is 26.5. The molecule has 0 atom stereocenters. The van der Waals surface area contributed by atoms with Crippen LogP contribution in [0.2, 0.25) is 0 Å². The minimum Gasteiger partial charge on any atom is -0.390 e. The average Bonchev–Trinajstić information content (AvgIpc) is 3.20. The second-order valence-electron chi connectivity index (χ2n) is 7.96. The lowest BCUT2D eigenvalue weighted by molar-refractivity contribution is 0.276. The van der Waals surface area contributed by atoms with Crippen molar-refractivity contribution in [2.45, 2.75) is 20.1 Å². The molecule has 172 valence electrons. The summed E-state index contributed by atoms with van der Waals surface area (Å²) >= 11 is 0. The zero-order valence-corrected chi connectivity index (χ0v) is 18.8. The molecule has 4 heterocycles. The second kappa shape index (κ2) is 8.81. The van der Waals surface area contributed by atoms with Crippen molar-refractivity contribution in [1.82, 2.24) is 29.1 Å². The molecule has 0 aliphatic rings. The van der Waals surface area contributed by atoms with Gasteiger partial charge in [0.05, 0.1) is 41.4 Å². The Hall–Kier alpha value is -4.88. The van der Waals surface area contributed by atoms with E-state index in [9.17, 15) is 9.90 Å². The first-order valence-electron chi connectivity index (χ1n) is 10.8. The van der Waals surface area contributed by atoms with Crippen LogP contribution in [-0.2, 0) is 13.2 Å². The normalized spacial score (nSPS) is 11.0. The summed E-state index contributed by atoms with van der Waals surface area (Å²) in [6, 6.07) is 18.4. The highest BCUT2D eigenvalue weighted by Crippen LogP contribution is 2.34. The molecule has 10 heteroatoms. The van der Waals surface area contributed by atoms with Gasteiger partial charge < -0.3 is 10.8 Å². The van der Waals surface area contributed by atoms with Gasteiger partial charge in [0.2, 0.25) is 5.95 Å². The van der Waals surface area contributed by atoms with Crippen molar-refractivity contribution in [3.05, 3.63) is 93.9 Å². The first kappa shape index (κ1) is 21.9. The van der Waals surface area contributed by atoms with E-state index in [0.29, 0.717) is 45.1 Å². The van der Waals surface area contributed by atoms with Gasteiger partial charge in [0.25, 0.3) is 0 Å². The first-order chi connectivity index (χ1) is 17.0. The van der Waals surface area contributed by atoms with Crippen molar-refractivity contribution in [3.63, 3.8) is 0 Å². The number of aliphatic hydroxyl groups is 1. The molecule has 10 nitrogen and oxygen atoms in total. The van der Waals surface area contributed by atoms with Crippen LogP contribution >= 0.6 is 0 Å². The van der Waals surface area contributed by atoms with Gasteiger partial charge in [0.15, 0.2) is 5.65 Å². The van der Waals surface area contributed by atoms with Crippen LogP contribution in [0.1, 0.15) is 22.6 Å². The molecule has 0 radical (unpaired) electrons. The molecule has 1 aromatic carbocycles. The number of hydrogen-bond acceptors (Lipinski definition) is 8. The molecule has 3 N–H and O–H groups in total. The van der Waals surface area contributed by atoms with Gasteiger partial charge in [-0.3, -0.25) is 9.97 Å². The Kier molecular flexibility index (Phi) is 5.52. The van der Waals surface area contributed by atoms with Crippen molar-refractivity contribution in [1.29, 1.82) is 5.26 Å². The van der Waals surface area contributed by atoms with Crippen molar-refractivity contribution < 1.29 is 5.11 Å². The number of nitriles is 1. The number of fused-ring (bicyclic) bond motifs is 1. The summed E-state index contributed by atoms with van der Waals surface area (Å²) < 4.78 is 2.53. The summed E-state index contributed by atoms with van der Waals surface area (Å²) in [5, 5.41) is 23.3. The molecule has 35 heavy (non-hydrogen) atoms. The van der Waals surface area contributed by atoms with Crippen molar-refractivity contribution >= 4 is 11.6 Å². The van der Waals surface area contributed by atoms with E-state index in [0.717, 1.165) is 5.56 Å². The van der Waals surface area contributed by atoms with Crippen LogP contribution in [0.5, 0.6) is 0 Å². The van der Waals surface area contributed by atoms with Crippen LogP contribution in [0.3, 0.4) is 0 Å². The molecule has 0 aliphatic heterocycles. The number of anilines is 1. The summed E-state index contributed by atoms with van der Waals surface area (Å²) in [6.07, 6.45) is 1.45. The highest BCUT2D eigenvalue weighted by Gasteiger charge is 2.22. The van der Waals surface area contributed by atoms with E-state index in [1.807, 2.05) is 49.4 Å². The third-order valence-electron chi connectivity index (χ3n) is 5.53. The van der Waals surface area contributed by atoms with Gasteiger partial charge >= 0.3 is 5.69 Å². The van der Waals surface area contributed by atoms with Gasteiger partial charge in [-0.25, -0.2) is 18.9 Å². The van der Waals surface area contributed by atoms with E-state index in [4.69, 9.17) is 11.0 Å². The summed E-state index contributed by atoms with van der Waals surface area (Å²) in [6.45, 7) is 1.68. The SMILES string of the molecule is Cc1cc(-c2c(-c3ccccc3)nc(N)n3c(=O)n(Cc4ccc(C#N)cn4)nc23)cc(CO)n1. The van der Waals surface area contributed by atoms with Gasteiger partial charge in [-0.15, -0.1) is 5.10 Å². The summed E-state index contributed by atoms with van der Waals surface area (Å²) in [7, 11) is 0. The topological polar surface area (TPSA) is 148 Å². The third-order valence-corrected chi connectivity index (χ3v) is 5.53. The maximum atomic E-state index is 13.3. The van der Waals surface area contributed by atoms with Gasteiger partial charge in [-0.05, 0) is 36.8 Å². The lowest BCUT2D eigenvalue weighted by Crippen LogP contribution is -2.24. The Labute approximate surface area is 199 Å². The maximum Gasteiger partial charge on any atom is 0.353 e. The van der Waals surface area contributed by atoms with E-state index in [2.05, 4.69) is 20.1 Å². The highest BCUT2D eigenvalue weighted by molar-refractivity contribution is 5.90. The highest BCUT2D eigenvalue weighted by atomic mass is 16.3. The summed E-state index contributed by atoms with van der Waals surface area (Å²) in [5.41, 5.74) is 10.9. The van der Waals surface area contributed by atoms with Crippen molar-refractivity contribution in [3.8, 4) is 28.5 Å². The van der Waals surface area contributed by atoms with Crippen LogP contribution in [0.4, 0.5) is 5.95 Å². The Bertz CT molecular complexity index is 1650. The number of aryl methyl sites for hydroxylation is 1. The van der Waals surface area contributed by atoms with Gasteiger partial charge in [0, 0.05) is 17.5 Å². The molecule has 0 fully saturated rings.